The Morgan fingerprint density at radius 2 is 2.21 bits per heavy atom. The van der Waals surface area contributed by atoms with E-state index >= 15 is 0 Å². The van der Waals surface area contributed by atoms with E-state index in [9.17, 15) is 14.7 Å². The first-order chi connectivity index (χ1) is 13.3. The van der Waals surface area contributed by atoms with Gasteiger partial charge >= 0.3 is 5.97 Å². The van der Waals surface area contributed by atoms with Gasteiger partial charge in [-0.15, -0.1) is 0 Å². The number of nitrogens with one attached hydrogen (secondary N) is 1. The van der Waals surface area contributed by atoms with E-state index in [-0.39, 0.29) is 22.9 Å². The lowest BCUT2D eigenvalue weighted by Gasteiger charge is -2.38. The lowest BCUT2D eigenvalue weighted by atomic mass is 10.0. The Bertz CT molecular complexity index is 851. The molecule has 2 N–H and O–H groups in total. The van der Waals surface area contributed by atoms with Crippen molar-refractivity contribution in [3.05, 3.63) is 21.3 Å². The Hall–Kier alpha value is -1.97. The number of aliphatic imine (C=N–C) groups is 1. The van der Waals surface area contributed by atoms with Crippen molar-refractivity contribution in [2.75, 3.05) is 25.1 Å². The van der Waals surface area contributed by atoms with Gasteiger partial charge in [-0.3, -0.25) is 4.79 Å². The Morgan fingerprint density at radius 1 is 1.46 bits per heavy atom. The molecule has 0 spiro atoms. The van der Waals surface area contributed by atoms with Crippen LogP contribution in [0.1, 0.15) is 42.1 Å². The molecule has 2 atom stereocenters. The number of amides is 1. The van der Waals surface area contributed by atoms with Crippen LogP contribution in [0, 0.1) is 0 Å². The summed E-state index contributed by atoms with van der Waals surface area (Å²) in [4.78, 5) is 34.8. The molecule has 1 aromatic rings. The number of ether oxygens (including phenoxy) is 1. The van der Waals surface area contributed by atoms with E-state index < -0.39 is 5.97 Å². The van der Waals surface area contributed by atoms with Gasteiger partial charge in [-0.2, -0.15) is 0 Å². The second kappa shape index (κ2) is 8.59. The topological polar surface area (TPSA) is 104 Å². The van der Waals surface area contributed by atoms with Crippen LogP contribution in [0.25, 0.3) is 0 Å². The number of rotatable bonds is 6. The molecule has 2 aliphatic rings. The van der Waals surface area contributed by atoms with Gasteiger partial charge in [0.25, 0.3) is 5.91 Å². The molecule has 28 heavy (non-hydrogen) atoms. The summed E-state index contributed by atoms with van der Waals surface area (Å²) in [6.07, 6.45) is 1.43. The standard InChI is InChI=1S/C18H23ClN4O4S/c1-4-10-14(17(25)26)28-18(22-10)23-6-5-11(13(8-23)27-3)21-16(24)12-7-9(2)15(19)20-12/h11,13H,4-8H2,1-3H3,(H,21,24)(H,25,26)/t11-,13+/m1/s1. The highest BCUT2D eigenvalue weighted by Gasteiger charge is 2.33. The number of aryl methyl sites for hydroxylation is 1. The van der Waals surface area contributed by atoms with Crippen LogP contribution < -0.4 is 10.2 Å². The van der Waals surface area contributed by atoms with Crippen LogP contribution in [0.3, 0.4) is 0 Å². The van der Waals surface area contributed by atoms with E-state index in [4.69, 9.17) is 16.3 Å². The normalized spacial score (nSPS) is 22.4. The molecule has 0 unspecified atom stereocenters. The molecule has 3 rings (SSSR count). The number of hydrogen-bond donors (Lipinski definition) is 2. The molecular formula is C18H23ClN4O4S. The van der Waals surface area contributed by atoms with Crippen LogP contribution >= 0.6 is 22.9 Å². The van der Waals surface area contributed by atoms with Gasteiger partial charge < -0.3 is 20.1 Å². The predicted octanol–water partition coefficient (Wildman–Crippen LogP) is 2.43. The summed E-state index contributed by atoms with van der Waals surface area (Å²) >= 11 is 7.15. The van der Waals surface area contributed by atoms with Crippen molar-refractivity contribution < 1.29 is 19.4 Å². The van der Waals surface area contributed by atoms with Crippen LogP contribution in [0.2, 0.25) is 0 Å². The summed E-state index contributed by atoms with van der Waals surface area (Å²) in [5.74, 6) is -1.18. The molecule has 1 saturated heterocycles. The second-order valence-corrected chi connectivity index (χ2v) is 8.16. The van der Waals surface area contributed by atoms with Gasteiger partial charge in [0.15, 0.2) is 5.13 Å². The number of allylic oxidation sites excluding steroid dienone is 1. The monoisotopic (exact) mass is 426 g/mol. The Morgan fingerprint density at radius 3 is 2.75 bits per heavy atom. The number of hydrogen-bond acceptors (Lipinski definition) is 7. The molecule has 1 aromatic heterocycles. The van der Waals surface area contributed by atoms with Crippen molar-refractivity contribution in [3.8, 4) is 0 Å². The maximum absolute atomic E-state index is 12.5. The van der Waals surface area contributed by atoms with Gasteiger partial charge in [-0.05, 0) is 25.3 Å². The van der Waals surface area contributed by atoms with Gasteiger partial charge in [-0.25, -0.2) is 14.8 Å². The Kier molecular flexibility index (Phi) is 6.36. The smallest absolute Gasteiger partial charge is 0.347 e. The fourth-order valence-electron chi connectivity index (χ4n) is 3.34. The van der Waals surface area contributed by atoms with E-state index in [0.717, 1.165) is 5.57 Å². The van der Waals surface area contributed by atoms with Crippen molar-refractivity contribution in [2.45, 2.75) is 45.3 Å². The lowest BCUT2D eigenvalue weighted by molar-refractivity contribution is -0.116. The van der Waals surface area contributed by atoms with Crippen molar-refractivity contribution in [2.24, 2.45) is 4.99 Å². The number of thiazole rings is 1. The van der Waals surface area contributed by atoms with Gasteiger partial charge in [0.2, 0.25) is 0 Å². The number of nitrogens with zero attached hydrogens (tertiary/aromatic N) is 3. The highest BCUT2D eigenvalue weighted by Crippen LogP contribution is 2.30. The minimum Gasteiger partial charge on any atom is -0.477 e. The first kappa shape index (κ1) is 20.8. The fourth-order valence-corrected chi connectivity index (χ4v) is 4.53. The number of halogens is 1. The van der Waals surface area contributed by atoms with E-state index in [2.05, 4.69) is 15.3 Å². The molecule has 0 aliphatic carbocycles. The highest BCUT2D eigenvalue weighted by molar-refractivity contribution is 7.17. The van der Waals surface area contributed by atoms with Crippen LogP contribution in [-0.2, 0) is 16.0 Å². The zero-order chi connectivity index (χ0) is 20.4. The molecule has 1 amide bonds. The summed E-state index contributed by atoms with van der Waals surface area (Å²) in [6.45, 7) is 4.90. The summed E-state index contributed by atoms with van der Waals surface area (Å²) in [5.41, 5.74) is 1.89. The summed E-state index contributed by atoms with van der Waals surface area (Å²) in [7, 11) is 1.60. The van der Waals surface area contributed by atoms with Crippen LogP contribution in [0.4, 0.5) is 5.13 Å². The number of methoxy groups -OCH3 is 1. The minimum atomic E-state index is -0.953. The number of carbonyl (C=O) groups excluding carboxylic acids is 1. The lowest BCUT2D eigenvalue weighted by Crippen LogP contribution is -2.55. The molecule has 3 heterocycles. The molecular weight excluding hydrogens is 404 g/mol. The number of carboxylic acid groups (broad SMARTS) is 1. The van der Waals surface area contributed by atoms with Crippen LogP contribution in [0.15, 0.2) is 15.7 Å². The second-order valence-electron chi connectivity index (χ2n) is 6.83. The molecule has 8 nitrogen and oxygen atoms in total. The number of aromatic carboxylic acids is 1. The number of aromatic nitrogens is 1. The summed E-state index contributed by atoms with van der Waals surface area (Å²) in [6, 6.07) is -0.166. The van der Waals surface area contributed by atoms with E-state index in [0.29, 0.717) is 54.0 Å². The van der Waals surface area contributed by atoms with Crippen LogP contribution in [-0.4, -0.2) is 60.0 Å². The quantitative estimate of drug-likeness (QED) is 0.677. The Balaban J connectivity index is 1.66. The number of carbonyl (C=O) groups is 2. The first-order valence-electron chi connectivity index (χ1n) is 9.08. The van der Waals surface area contributed by atoms with Crippen LogP contribution in [0.5, 0.6) is 0 Å². The fraction of sp³-hybridized carbons (Fsp3) is 0.556. The zero-order valence-electron chi connectivity index (χ0n) is 16.0. The largest absolute Gasteiger partial charge is 0.477 e. The van der Waals surface area contributed by atoms with Gasteiger partial charge in [-0.1, -0.05) is 29.9 Å². The van der Waals surface area contributed by atoms with Gasteiger partial charge in [0, 0.05) is 26.6 Å². The molecule has 10 heteroatoms. The number of anilines is 1. The van der Waals surface area contributed by atoms with Crippen molar-refractivity contribution in [1.29, 1.82) is 0 Å². The molecule has 0 bridgehead atoms. The van der Waals surface area contributed by atoms with Crippen molar-refractivity contribution >= 4 is 45.7 Å². The zero-order valence-corrected chi connectivity index (χ0v) is 17.6. The maximum Gasteiger partial charge on any atom is 0.347 e. The molecule has 0 radical (unpaired) electrons. The number of piperidine rings is 1. The number of carboxylic acids is 1. The SMILES string of the molecule is CCc1nc(N2CC[C@@H](NC(=O)C3=NC(Cl)=C(C)C3)[C@@H](OC)C2)sc1C(=O)O. The van der Waals surface area contributed by atoms with Gasteiger partial charge in [0.1, 0.15) is 15.7 Å². The molecule has 152 valence electrons. The van der Waals surface area contributed by atoms with Crippen molar-refractivity contribution in [1.82, 2.24) is 10.3 Å². The van der Waals surface area contributed by atoms with E-state index in [1.165, 1.54) is 11.3 Å². The van der Waals surface area contributed by atoms with Gasteiger partial charge in [0.05, 0.1) is 17.8 Å². The summed E-state index contributed by atoms with van der Waals surface area (Å²) in [5, 5.41) is 13.4. The maximum atomic E-state index is 12.5. The first-order valence-corrected chi connectivity index (χ1v) is 10.3. The third kappa shape index (κ3) is 4.21. The Labute approximate surface area is 172 Å². The molecule has 2 aliphatic heterocycles. The average Bonchev–Trinajstić information content (AvgIpc) is 3.26. The third-order valence-electron chi connectivity index (χ3n) is 4.94. The summed E-state index contributed by atoms with van der Waals surface area (Å²) < 4.78 is 5.60. The van der Waals surface area contributed by atoms with E-state index in [1.54, 1.807) is 7.11 Å². The van der Waals surface area contributed by atoms with Crippen molar-refractivity contribution in [3.63, 3.8) is 0 Å². The predicted molar refractivity (Wildman–Crippen MR) is 109 cm³/mol. The van der Waals surface area contributed by atoms with E-state index in [1.807, 2.05) is 18.7 Å². The average molecular weight is 427 g/mol. The molecule has 0 saturated carbocycles. The highest BCUT2D eigenvalue weighted by atomic mass is 35.5. The molecule has 1 fully saturated rings. The third-order valence-corrected chi connectivity index (χ3v) is 6.50. The minimum absolute atomic E-state index is 0.166. The molecule has 0 aromatic carbocycles.